The van der Waals surface area contributed by atoms with Crippen molar-refractivity contribution in [1.29, 1.82) is 0 Å². The van der Waals surface area contributed by atoms with Gasteiger partial charge in [0.25, 0.3) is 5.91 Å². The van der Waals surface area contributed by atoms with E-state index < -0.39 is 6.04 Å². The molecule has 1 N–H and O–H groups in total. The first-order valence-corrected chi connectivity index (χ1v) is 6.62. The van der Waals surface area contributed by atoms with Crippen LogP contribution < -0.4 is 5.32 Å². The minimum Gasteiger partial charge on any atom is -0.347 e. The van der Waals surface area contributed by atoms with Crippen molar-refractivity contribution in [2.24, 2.45) is 5.92 Å². The van der Waals surface area contributed by atoms with E-state index in [-0.39, 0.29) is 17.5 Å². The second-order valence-electron chi connectivity index (χ2n) is 5.43. The number of nitrogens with one attached hydrogen (secondary N) is 1. The standard InChI is InChI=1S/C14H22N4O2/c1-9(2)6-11(14(20)18(4)5)17-13(19)12-8-15-10(3)7-16-12/h7-9,11H,6H2,1-5H3,(H,17,19)/t11-/m1/s1. The molecular weight excluding hydrogens is 256 g/mol. The van der Waals surface area contributed by atoms with Gasteiger partial charge in [0.05, 0.1) is 11.9 Å². The lowest BCUT2D eigenvalue weighted by atomic mass is 10.0. The maximum Gasteiger partial charge on any atom is 0.272 e. The number of hydrogen-bond donors (Lipinski definition) is 1. The second kappa shape index (κ2) is 6.98. The summed E-state index contributed by atoms with van der Waals surface area (Å²) in [6.45, 7) is 5.81. The van der Waals surface area contributed by atoms with Gasteiger partial charge in [-0.1, -0.05) is 13.8 Å². The fourth-order valence-electron chi connectivity index (χ4n) is 1.75. The number of aromatic nitrogens is 2. The maximum absolute atomic E-state index is 12.1. The summed E-state index contributed by atoms with van der Waals surface area (Å²) in [5.74, 6) is -0.196. The molecule has 0 aliphatic carbocycles. The predicted molar refractivity (Wildman–Crippen MR) is 76.2 cm³/mol. The van der Waals surface area contributed by atoms with Crippen molar-refractivity contribution in [2.75, 3.05) is 14.1 Å². The maximum atomic E-state index is 12.1. The normalized spacial score (nSPS) is 12.1. The molecule has 0 aromatic carbocycles. The van der Waals surface area contributed by atoms with Crippen molar-refractivity contribution in [2.45, 2.75) is 33.2 Å². The largest absolute Gasteiger partial charge is 0.347 e. The van der Waals surface area contributed by atoms with Crippen molar-refractivity contribution in [3.05, 3.63) is 23.8 Å². The quantitative estimate of drug-likeness (QED) is 0.872. The number of likely N-dealkylation sites (N-methyl/N-ethyl adjacent to an activating group) is 1. The van der Waals surface area contributed by atoms with Crippen LogP contribution in [0, 0.1) is 12.8 Å². The molecule has 0 bridgehead atoms. The van der Waals surface area contributed by atoms with E-state index >= 15 is 0 Å². The SMILES string of the molecule is Cc1cnc(C(=O)N[C@H](CC(C)C)C(=O)N(C)C)cn1. The van der Waals surface area contributed by atoms with Crippen LogP contribution in [0.25, 0.3) is 0 Å². The molecule has 6 heteroatoms. The Morgan fingerprint density at radius 2 is 1.90 bits per heavy atom. The topological polar surface area (TPSA) is 75.2 Å². The van der Waals surface area contributed by atoms with Gasteiger partial charge in [0.2, 0.25) is 5.91 Å². The van der Waals surface area contributed by atoms with E-state index in [0.717, 1.165) is 5.69 Å². The van der Waals surface area contributed by atoms with E-state index in [1.54, 1.807) is 21.0 Å². The number of carbonyl (C=O) groups excluding carboxylic acids is 2. The van der Waals surface area contributed by atoms with Gasteiger partial charge < -0.3 is 10.2 Å². The predicted octanol–water partition coefficient (Wildman–Crippen LogP) is 1.02. The number of rotatable bonds is 5. The molecule has 0 aliphatic heterocycles. The van der Waals surface area contributed by atoms with Crippen molar-refractivity contribution in [3.8, 4) is 0 Å². The summed E-state index contributed by atoms with van der Waals surface area (Å²) in [4.78, 5) is 33.7. The zero-order valence-electron chi connectivity index (χ0n) is 12.7. The van der Waals surface area contributed by atoms with Crippen LogP contribution in [0.2, 0.25) is 0 Å². The summed E-state index contributed by atoms with van der Waals surface area (Å²) in [5.41, 5.74) is 0.959. The first-order chi connectivity index (χ1) is 9.31. The van der Waals surface area contributed by atoms with Crippen molar-refractivity contribution < 1.29 is 9.59 Å². The van der Waals surface area contributed by atoms with Crippen molar-refractivity contribution >= 4 is 11.8 Å². The molecule has 0 saturated heterocycles. The summed E-state index contributed by atoms with van der Waals surface area (Å²) >= 11 is 0. The summed E-state index contributed by atoms with van der Waals surface area (Å²) in [5, 5.41) is 2.73. The van der Waals surface area contributed by atoms with Crippen LogP contribution in [0.5, 0.6) is 0 Å². The third-order valence-corrected chi connectivity index (χ3v) is 2.76. The Morgan fingerprint density at radius 3 is 2.35 bits per heavy atom. The van der Waals surface area contributed by atoms with Crippen LogP contribution in [0.3, 0.4) is 0 Å². The molecule has 110 valence electrons. The van der Waals surface area contributed by atoms with Crippen LogP contribution in [-0.4, -0.2) is 46.8 Å². The van der Waals surface area contributed by atoms with E-state index in [4.69, 9.17) is 0 Å². The molecule has 1 rings (SSSR count). The molecule has 0 saturated carbocycles. The highest BCUT2D eigenvalue weighted by atomic mass is 16.2. The molecule has 0 spiro atoms. The lowest BCUT2D eigenvalue weighted by Crippen LogP contribution is -2.47. The Labute approximate surface area is 119 Å². The number of amides is 2. The lowest BCUT2D eigenvalue weighted by molar-refractivity contribution is -0.131. The highest BCUT2D eigenvalue weighted by molar-refractivity contribution is 5.95. The van der Waals surface area contributed by atoms with Crippen LogP contribution in [-0.2, 0) is 4.79 Å². The van der Waals surface area contributed by atoms with Crippen LogP contribution in [0.4, 0.5) is 0 Å². The first-order valence-electron chi connectivity index (χ1n) is 6.62. The number of hydrogen-bond acceptors (Lipinski definition) is 4. The van der Waals surface area contributed by atoms with Crippen LogP contribution in [0.15, 0.2) is 12.4 Å². The molecule has 2 amide bonds. The van der Waals surface area contributed by atoms with Crippen LogP contribution in [0.1, 0.15) is 36.5 Å². The van der Waals surface area contributed by atoms with Gasteiger partial charge in [-0.25, -0.2) is 4.98 Å². The number of carbonyl (C=O) groups is 2. The highest BCUT2D eigenvalue weighted by Crippen LogP contribution is 2.08. The van der Waals surface area contributed by atoms with Crippen LogP contribution >= 0.6 is 0 Å². The monoisotopic (exact) mass is 278 g/mol. The lowest BCUT2D eigenvalue weighted by Gasteiger charge is -2.23. The molecule has 0 radical (unpaired) electrons. The first kappa shape index (κ1) is 16.1. The minimum atomic E-state index is -0.541. The van der Waals surface area contributed by atoms with Crippen molar-refractivity contribution in [1.82, 2.24) is 20.2 Å². The fraction of sp³-hybridized carbons (Fsp3) is 0.571. The van der Waals surface area contributed by atoms with E-state index in [1.165, 1.54) is 17.3 Å². The highest BCUT2D eigenvalue weighted by Gasteiger charge is 2.24. The van der Waals surface area contributed by atoms with E-state index in [9.17, 15) is 9.59 Å². The van der Waals surface area contributed by atoms with Crippen molar-refractivity contribution in [3.63, 3.8) is 0 Å². The van der Waals surface area contributed by atoms with Gasteiger partial charge in [0.15, 0.2) is 0 Å². The molecule has 1 aromatic heterocycles. The van der Waals surface area contributed by atoms with Gasteiger partial charge >= 0.3 is 0 Å². The van der Waals surface area contributed by atoms with E-state index in [2.05, 4.69) is 15.3 Å². The van der Waals surface area contributed by atoms with Gasteiger partial charge in [-0.15, -0.1) is 0 Å². The summed E-state index contributed by atoms with van der Waals surface area (Å²) in [7, 11) is 3.35. The zero-order valence-corrected chi connectivity index (χ0v) is 12.7. The molecule has 1 aromatic rings. The Hall–Kier alpha value is -1.98. The van der Waals surface area contributed by atoms with E-state index in [1.807, 2.05) is 13.8 Å². The van der Waals surface area contributed by atoms with Gasteiger partial charge in [-0.05, 0) is 19.3 Å². The Balaban J connectivity index is 2.81. The molecule has 0 aliphatic rings. The van der Waals surface area contributed by atoms with Gasteiger partial charge in [-0.2, -0.15) is 0 Å². The molecule has 0 fully saturated rings. The molecule has 0 unspecified atom stereocenters. The van der Waals surface area contributed by atoms with Gasteiger partial charge in [0.1, 0.15) is 11.7 Å². The van der Waals surface area contributed by atoms with Gasteiger partial charge in [-0.3, -0.25) is 14.6 Å². The summed E-state index contributed by atoms with van der Waals surface area (Å²) in [6, 6.07) is -0.541. The average Bonchev–Trinajstić information content (AvgIpc) is 2.37. The number of aryl methyl sites for hydroxylation is 1. The third kappa shape index (κ3) is 4.60. The molecular formula is C14H22N4O2. The molecule has 1 heterocycles. The Kier molecular flexibility index (Phi) is 5.61. The summed E-state index contributed by atoms with van der Waals surface area (Å²) < 4.78 is 0. The summed E-state index contributed by atoms with van der Waals surface area (Å²) in [6.07, 6.45) is 3.53. The second-order valence-corrected chi connectivity index (χ2v) is 5.43. The van der Waals surface area contributed by atoms with E-state index in [0.29, 0.717) is 12.3 Å². The van der Waals surface area contributed by atoms with Gasteiger partial charge in [0, 0.05) is 20.3 Å². The smallest absolute Gasteiger partial charge is 0.272 e. The molecule has 1 atom stereocenters. The fourth-order valence-corrected chi connectivity index (χ4v) is 1.75. The molecule has 6 nitrogen and oxygen atoms in total. The average molecular weight is 278 g/mol. The Morgan fingerprint density at radius 1 is 1.25 bits per heavy atom. The molecule has 20 heavy (non-hydrogen) atoms. The minimum absolute atomic E-state index is 0.118. The Bertz CT molecular complexity index is 469. The third-order valence-electron chi connectivity index (χ3n) is 2.76. The number of nitrogens with zero attached hydrogens (tertiary/aromatic N) is 3. The zero-order chi connectivity index (χ0) is 15.3.